The number of rotatable bonds is 3. The molecule has 3 N–H and O–H groups in total. The van der Waals surface area contributed by atoms with Gasteiger partial charge in [-0.3, -0.25) is 4.79 Å². The number of aryl methyl sites for hydroxylation is 1. The number of aromatic amines is 1. The number of H-pyrrole nitrogens is 1. The number of aromatic hydroxyl groups is 1. The largest absolute Gasteiger partial charge is 0.506 e. The van der Waals surface area contributed by atoms with Crippen LogP contribution >= 0.6 is 0 Å². The van der Waals surface area contributed by atoms with Gasteiger partial charge >= 0.3 is 5.97 Å². The molecule has 3 aromatic rings. The number of hydrogen-bond acceptors (Lipinski definition) is 3. The zero-order chi connectivity index (χ0) is 17.6. The summed E-state index contributed by atoms with van der Waals surface area (Å²) < 4.78 is 16.3. The maximum absolute atomic E-state index is 14.6. The van der Waals surface area contributed by atoms with Crippen molar-refractivity contribution >= 4 is 16.9 Å². The highest BCUT2D eigenvalue weighted by atomic mass is 19.1. The minimum atomic E-state index is -1.53. The van der Waals surface area contributed by atoms with Gasteiger partial charge in [0.25, 0.3) is 5.56 Å². The summed E-state index contributed by atoms with van der Waals surface area (Å²) in [7, 11) is 1.79. The minimum absolute atomic E-state index is 0.0910. The zero-order valence-electron chi connectivity index (χ0n) is 13.1. The number of carbonyl (C=O) groups is 1. The first kappa shape index (κ1) is 15.8. The molecule has 0 spiro atoms. The van der Waals surface area contributed by atoms with Gasteiger partial charge in [-0.1, -0.05) is 6.92 Å². The van der Waals surface area contributed by atoms with Gasteiger partial charge in [-0.2, -0.15) is 0 Å². The van der Waals surface area contributed by atoms with Crippen LogP contribution < -0.4 is 5.56 Å². The predicted octanol–water partition coefficient (Wildman–Crippen LogP) is 2.64. The summed E-state index contributed by atoms with van der Waals surface area (Å²) in [5.74, 6) is -2.73. The van der Waals surface area contributed by atoms with Gasteiger partial charge in [0, 0.05) is 29.8 Å². The van der Waals surface area contributed by atoms with Crippen molar-refractivity contribution in [2.24, 2.45) is 7.05 Å². The van der Waals surface area contributed by atoms with Crippen molar-refractivity contribution in [2.75, 3.05) is 0 Å². The van der Waals surface area contributed by atoms with Crippen molar-refractivity contribution in [3.05, 3.63) is 51.7 Å². The summed E-state index contributed by atoms with van der Waals surface area (Å²) in [6, 6.07) is 4.70. The molecule has 0 atom stereocenters. The Morgan fingerprint density at radius 2 is 2.08 bits per heavy atom. The molecular weight excluding hydrogens is 315 g/mol. The van der Waals surface area contributed by atoms with Gasteiger partial charge in [0.15, 0.2) is 5.56 Å². The van der Waals surface area contributed by atoms with Crippen LogP contribution in [0.1, 0.15) is 22.8 Å². The average Bonchev–Trinajstić information content (AvgIpc) is 2.86. The maximum atomic E-state index is 14.6. The van der Waals surface area contributed by atoms with Crippen LogP contribution in [0.2, 0.25) is 0 Å². The fourth-order valence-electron chi connectivity index (χ4n) is 2.88. The lowest BCUT2D eigenvalue weighted by molar-refractivity contribution is 0.0691. The van der Waals surface area contributed by atoms with Crippen LogP contribution in [-0.4, -0.2) is 25.7 Å². The van der Waals surface area contributed by atoms with E-state index in [1.807, 2.05) is 0 Å². The fourth-order valence-corrected chi connectivity index (χ4v) is 2.88. The SMILES string of the molecule is CCc1c(-c2cc3ccn(C)c3cc2F)[nH]c(=O)c(C(=O)O)c1O. The number of pyridine rings is 1. The van der Waals surface area contributed by atoms with Crippen LogP contribution in [0.5, 0.6) is 5.75 Å². The monoisotopic (exact) mass is 330 g/mol. The molecule has 0 radical (unpaired) electrons. The van der Waals surface area contributed by atoms with E-state index in [1.54, 1.807) is 36.9 Å². The lowest BCUT2D eigenvalue weighted by Crippen LogP contribution is -2.20. The summed E-state index contributed by atoms with van der Waals surface area (Å²) in [5, 5.41) is 20.0. The average molecular weight is 330 g/mol. The molecule has 24 heavy (non-hydrogen) atoms. The predicted molar refractivity (Wildman–Crippen MR) is 86.9 cm³/mol. The summed E-state index contributed by atoms with van der Waals surface area (Å²) in [4.78, 5) is 25.5. The molecule has 6 nitrogen and oxygen atoms in total. The van der Waals surface area contributed by atoms with Crippen molar-refractivity contribution in [3.8, 4) is 17.0 Å². The molecule has 0 aliphatic carbocycles. The van der Waals surface area contributed by atoms with Crippen LogP contribution in [0.15, 0.2) is 29.2 Å². The smallest absolute Gasteiger partial charge is 0.345 e. The number of carboxylic acid groups (broad SMARTS) is 1. The number of nitrogens with one attached hydrogen (secondary N) is 1. The van der Waals surface area contributed by atoms with Crippen molar-refractivity contribution < 1.29 is 19.4 Å². The molecule has 1 aromatic carbocycles. The standard InChI is InChI=1S/C17H15FN2O4/c1-3-9-14(19-16(22)13(15(9)21)17(23)24)10-6-8-4-5-20(2)12(8)7-11(10)18/h4-7H,3H2,1-2H3,(H,23,24)(H2,19,21,22). The summed E-state index contributed by atoms with van der Waals surface area (Å²) in [6.07, 6.45) is 2.01. The number of hydrogen-bond donors (Lipinski definition) is 3. The van der Waals surface area contributed by atoms with Gasteiger partial charge in [-0.25, -0.2) is 9.18 Å². The van der Waals surface area contributed by atoms with Crippen LogP contribution in [0.25, 0.3) is 22.2 Å². The first-order valence-electron chi connectivity index (χ1n) is 7.31. The van der Waals surface area contributed by atoms with Crippen molar-refractivity contribution in [1.29, 1.82) is 0 Å². The molecular formula is C17H15FN2O4. The molecule has 0 saturated carbocycles. The van der Waals surface area contributed by atoms with Gasteiger partial charge in [0.1, 0.15) is 11.6 Å². The van der Waals surface area contributed by atoms with Gasteiger partial charge in [0.05, 0.1) is 11.2 Å². The Morgan fingerprint density at radius 1 is 1.38 bits per heavy atom. The number of aromatic nitrogens is 2. The van der Waals surface area contributed by atoms with Crippen LogP contribution in [0.3, 0.4) is 0 Å². The Labute approximate surface area is 135 Å². The Hall–Kier alpha value is -3.09. The second-order valence-corrected chi connectivity index (χ2v) is 5.51. The molecule has 2 heterocycles. The van der Waals surface area contributed by atoms with Crippen molar-refractivity contribution in [3.63, 3.8) is 0 Å². The van der Waals surface area contributed by atoms with E-state index in [0.29, 0.717) is 5.52 Å². The summed E-state index contributed by atoms with van der Waals surface area (Å²) in [6.45, 7) is 1.68. The second-order valence-electron chi connectivity index (χ2n) is 5.51. The summed E-state index contributed by atoms with van der Waals surface area (Å²) >= 11 is 0. The highest BCUT2D eigenvalue weighted by Crippen LogP contribution is 2.33. The van der Waals surface area contributed by atoms with Crippen LogP contribution in [-0.2, 0) is 13.5 Å². The van der Waals surface area contributed by atoms with Crippen LogP contribution in [0, 0.1) is 5.82 Å². The quantitative estimate of drug-likeness (QED) is 0.688. The molecule has 124 valence electrons. The van der Waals surface area contributed by atoms with E-state index in [2.05, 4.69) is 4.98 Å². The number of halogens is 1. The Balaban J connectivity index is 2.36. The molecule has 0 unspecified atom stereocenters. The highest BCUT2D eigenvalue weighted by Gasteiger charge is 2.23. The lowest BCUT2D eigenvalue weighted by atomic mass is 9.99. The molecule has 0 aliphatic rings. The fraction of sp³-hybridized carbons (Fsp3) is 0.176. The van der Waals surface area contributed by atoms with Crippen molar-refractivity contribution in [1.82, 2.24) is 9.55 Å². The van der Waals surface area contributed by atoms with E-state index in [-0.39, 0.29) is 23.2 Å². The molecule has 0 amide bonds. The molecule has 0 fully saturated rings. The van der Waals surface area contributed by atoms with E-state index >= 15 is 0 Å². The minimum Gasteiger partial charge on any atom is -0.506 e. The third-order valence-electron chi connectivity index (χ3n) is 4.10. The van der Waals surface area contributed by atoms with E-state index in [0.717, 1.165) is 5.39 Å². The first-order valence-corrected chi connectivity index (χ1v) is 7.31. The Bertz CT molecular complexity index is 1030. The summed E-state index contributed by atoms with van der Waals surface area (Å²) in [5.41, 5.74) is -0.649. The highest BCUT2D eigenvalue weighted by molar-refractivity contribution is 5.92. The molecule has 2 aromatic heterocycles. The number of carboxylic acids is 1. The lowest BCUT2D eigenvalue weighted by Gasteiger charge is -2.13. The van der Waals surface area contributed by atoms with E-state index in [1.165, 1.54) is 6.07 Å². The molecule has 7 heteroatoms. The zero-order valence-corrected chi connectivity index (χ0v) is 13.1. The number of nitrogens with zero attached hydrogens (tertiary/aromatic N) is 1. The number of benzene rings is 1. The first-order chi connectivity index (χ1) is 11.3. The molecule has 0 aliphatic heterocycles. The van der Waals surface area contributed by atoms with Gasteiger partial charge in [0.2, 0.25) is 0 Å². The van der Waals surface area contributed by atoms with E-state index in [4.69, 9.17) is 5.11 Å². The Morgan fingerprint density at radius 3 is 2.71 bits per heavy atom. The topological polar surface area (TPSA) is 95.3 Å². The van der Waals surface area contributed by atoms with Gasteiger partial charge in [-0.15, -0.1) is 0 Å². The Kier molecular flexibility index (Phi) is 3.63. The van der Waals surface area contributed by atoms with E-state index < -0.39 is 28.7 Å². The molecule has 0 saturated heterocycles. The van der Waals surface area contributed by atoms with Gasteiger partial charge in [-0.05, 0) is 24.6 Å². The van der Waals surface area contributed by atoms with Crippen molar-refractivity contribution in [2.45, 2.75) is 13.3 Å². The molecule has 3 rings (SSSR count). The van der Waals surface area contributed by atoms with Crippen LogP contribution in [0.4, 0.5) is 4.39 Å². The maximum Gasteiger partial charge on any atom is 0.345 e. The van der Waals surface area contributed by atoms with Gasteiger partial charge < -0.3 is 19.8 Å². The van der Waals surface area contributed by atoms with E-state index in [9.17, 15) is 19.1 Å². The second kappa shape index (κ2) is 5.52. The normalized spacial score (nSPS) is 11.1. The number of aromatic carboxylic acids is 1. The third-order valence-corrected chi connectivity index (χ3v) is 4.10. The molecule has 0 bridgehead atoms. The third kappa shape index (κ3) is 2.25. The number of fused-ring (bicyclic) bond motifs is 1.